The first kappa shape index (κ1) is 14.9. The second-order valence-electron chi connectivity index (χ2n) is 5.41. The maximum absolute atomic E-state index is 5.60. The lowest BCUT2D eigenvalue weighted by Crippen LogP contribution is -2.37. The third kappa shape index (κ3) is 5.65. The fourth-order valence-electron chi connectivity index (χ4n) is 1.99. The van der Waals surface area contributed by atoms with Crippen LogP contribution in [0.3, 0.4) is 0 Å². The van der Waals surface area contributed by atoms with Crippen molar-refractivity contribution < 1.29 is 4.74 Å². The van der Waals surface area contributed by atoms with Crippen LogP contribution in [0.4, 0.5) is 0 Å². The van der Waals surface area contributed by atoms with E-state index in [9.17, 15) is 0 Å². The molecule has 5 nitrogen and oxygen atoms in total. The Morgan fingerprint density at radius 3 is 2.95 bits per heavy atom. The summed E-state index contributed by atoms with van der Waals surface area (Å²) in [5.74, 6) is 1.69. The van der Waals surface area contributed by atoms with Gasteiger partial charge in [-0.05, 0) is 36.8 Å². The van der Waals surface area contributed by atoms with Crippen molar-refractivity contribution in [3.05, 3.63) is 24.0 Å². The number of aryl methyl sites for hydroxylation is 1. The molecule has 0 aliphatic heterocycles. The fourth-order valence-corrected chi connectivity index (χ4v) is 1.99. The van der Waals surface area contributed by atoms with Crippen LogP contribution in [0.1, 0.15) is 24.8 Å². The summed E-state index contributed by atoms with van der Waals surface area (Å²) in [6, 6.07) is 2.10. The molecule has 0 atom stereocenters. The lowest BCUT2D eigenvalue weighted by atomic mass is 10.3. The molecule has 2 rings (SSSR count). The van der Waals surface area contributed by atoms with Gasteiger partial charge in [0, 0.05) is 52.8 Å². The molecule has 5 heteroatoms. The molecule has 0 spiro atoms. The highest BCUT2D eigenvalue weighted by Crippen LogP contribution is 2.28. The molecule has 1 aromatic rings. The summed E-state index contributed by atoms with van der Waals surface area (Å²) < 4.78 is 7.65. The van der Waals surface area contributed by atoms with E-state index in [0.29, 0.717) is 0 Å². The van der Waals surface area contributed by atoms with Crippen LogP contribution in [0.15, 0.2) is 23.5 Å². The van der Waals surface area contributed by atoms with Crippen molar-refractivity contribution in [1.29, 1.82) is 0 Å². The second kappa shape index (κ2) is 7.94. The van der Waals surface area contributed by atoms with Gasteiger partial charge in [-0.2, -0.15) is 0 Å². The standard InChI is InChI=1S/C15H26N4O/c1-16-15(18-10-14-6-8-19(2)11-14)17-7-3-9-20-12-13-4-5-13/h6,8,11,13H,3-5,7,9-10,12H2,1-2H3,(H2,16,17,18). The molecule has 2 N–H and O–H groups in total. The Labute approximate surface area is 121 Å². The number of rotatable bonds is 8. The number of nitrogens with zero attached hydrogens (tertiary/aromatic N) is 2. The molecule has 1 fully saturated rings. The third-order valence-corrected chi connectivity index (χ3v) is 3.39. The minimum Gasteiger partial charge on any atom is -0.381 e. The van der Waals surface area contributed by atoms with Crippen molar-refractivity contribution in [3.63, 3.8) is 0 Å². The smallest absolute Gasteiger partial charge is 0.191 e. The van der Waals surface area contributed by atoms with E-state index in [2.05, 4.69) is 27.9 Å². The Bertz CT molecular complexity index is 423. The quantitative estimate of drug-likeness (QED) is 0.430. The van der Waals surface area contributed by atoms with Gasteiger partial charge in [0.2, 0.25) is 0 Å². The van der Waals surface area contributed by atoms with Gasteiger partial charge in [0.05, 0.1) is 0 Å². The Hall–Kier alpha value is -1.49. The number of aliphatic imine (C=N–C) groups is 1. The average Bonchev–Trinajstić information content (AvgIpc) is 3.18. The molecule has 20 heavy (non-hydrogen) atoms. The molecule has 0 saturated heterocycles. The van der Waals surface area contributed by atoms with Crippen molar-refractivity contribution in [2.45, 2.75) is 25.8 Å². The highest BCUT2D eigenvalue weighted by atomic mass is 16.5. The fraction of sp³-hybridized carbons (Fsp3) is 0.667. The first-order valence-electron chi connectivity index (χ1n) is 7.41. The predicted octanol–water partition coefficient (Wildman–Crippen LogP) is 1.51. The molecule has 0 amide bonds. The number of guanidine groups is 1. The van der Waals surface area contributed by atoms with Crippen molar-refractivity contribution in [1.82, 2.24) is 15.2 Å². The number of hydrogen-bond donors (Lipinski definition) is 2. The van der Waals surface area contributed by atoms with Crippen LogP contribution in [0.25, 0.3) is 0 Å². The van der Waals surface area contributed by atoms with E-state index in [1.54, 1.807) is 7.05 Å². The van der Waals surface area contributed by atoms with Crippen LogP contribution in [-0.2, 0) is 18.3 Å². The summed E-state index contributed by atoms with van der Waals surface area (Å²) in [7, 11) is 3.82. The van der Waals surface area contributed by atoms with Gasteiger partial charge in [-0.15, -0.1) is 0 Å². The third-order valence-electron chi connectivity index (χ3n) is 3.39. The highest BCUT2D eigenvalue weighted by Gasteiger charge is 2.20. The van der Waals surface area contributed by atoms with Crippen LogP contribution in [0.2, 0.25) is 0 Å². The molecule has 0 radical (unpaired) electrons. The van der Waals surface area contributed by atoms with E-state index in [1.807, 2.05) is 17.8 Å². The van der Waals surface area contributed by atoms with Gasteiger partial charge in [0.1, 0.15) is 0 Å². The molecular weight excluding hydrogens is 252 g/mol. The number of ether oxygens (including phenoxy) is 1. The molecule has 1 aliphatic rings. The van der Waals surface area contributed by atoms with Gasteiger partial charge < -0.3 is 19.9 Å². The summed E-state index contributed by atoms with van der Waals surface area (Å²) >= 11 is 0. The normalized spacial score (nSPS) is 15.4. The monoisotopic (exact) mass is 278 g/mol. The van der Waals surface area contributed by atoms with Gasteiger partial charge in [-0.3, -0.25) is 4.99 Å². The van der Waals surface area contributed by atoms with Crippen molar-refractivity contribution in [2.24, 2.45) is 18.0 Å². The molecular formula is C15H26N4O. The minimum absolute atomic E-state index is 0.790. The van der Waals surface area contributed by atoms with Crippen LogP contribution in [0.5, 0.6) is 0 Å². The summed E-state index contributed by atoms with van der Waals surface area (Å²) in [5, 5.41) is 6.61. The van der Waals surface area contributed by atoms with Crippen LogP contribution < -0.4 is 10.6 Å². The summed E-state index contributed by atoms with van der Waals surface area (Å²) in [6.45, 7) is 3.46. The molecule has 1 saturated carbocycles. The van der Waals surface area contributed by atoms with Gasteiger partial charge in [-0.1, -0.05) is 0 Å². The Morgan fingerprint density at radius 1 is 1.45 bits per heavy atom. The Kier molecular flexibility index (Phi) is 5.92. The van der Waals surface area contributed by atoms with Crippen molar-refractivity contribution in [3.8, 4) is 0 Å². The van der Waals surface area contributed by atoms with E-state index >= 15 is 0 Å². The second-order valence-corrected chi connectivity index (χ2v) is 5.41. The van der Waals surface area contributed by atoms with E-state index < -0.39 is 0 Å². The van der Waals surface area contributed by atoms with Crippen molar-refractivity contribution in [2.75, 3.05) is 26.8 Å². The van der Waals surface area contributed by atoms with E-state index in [4.69, 9.17) is 4.74 Å². The zero-order valence-electron chi connectivity index (χ0n) is 12.6. The average molecular weight is 278 g/mol. The molecule has 0 unspecified atom stereocenters. The zero-order chi connectivity index (χ0) is 14.2. The van der Waals surface area contributed by atoms with Crippen LogP contribution in [-0.4, -0.2) is 37.3 Å². The molecule has 112 valence electrons. The number of nitrogens with one attached hydrogen (secondary N) is 2. The lowest BCUT2D eigenvalue weighted by Gasteiger charge is -2.11. The van der Waals surface area contributed by atoms with E-state index in [0.717, 1.165) is 44.6 Å². The summed E-state index contributed by atoms with van der Waals surface area (Å²) in [4.78, 5) is 4.21. The molecule has 1 aliphatic carbocycles. The van der Waals surface area contributed by atoms with Crippen LogP contribution in [0, 0.1) is 5.92 Å². The first-order chi connectivity index (χ1) is 9.78. The zero-order valence-corrected chi connectivity index (χ0v) is 12.6. The van der Waals surface area contributed by atoms with Gasteiger partial charge in [0.15, 0.2) is 5.96 Å². The molecule has 0 aromatic carbocycles. The molecule has 1 heterocycles. The number of hydrogen-bond acceptors (Lipinski definition) is 2. The van der Waals surface area contributed by atoms with Gasteiger partial charge in [0.25, 0.3) is 0 Å². The summed E-state index contributed by atoms with van der Waals surface area (Å²) in [6.07, 6.45) is 7.87. The summed E-state index contributed by atoms with van der Waals surface area (Å²) in [5.41, 5.74) is 1.25. The highest BCUT2D eigenvalue weighted by molar-refractivity contribution is 5.79. The Balaban J connectivity index is 1.52. The first-order valence-corrected chi connectivity index (χ1v) is 7.41. The predicted molar refractivity (Wildman–Crippen MR) is 81.8 cm³/mol. The Morgan fingerprint density at radius 2 is 2.30 bits per heavy atom. The number of aromatic nitrogens is 1. The molecule has 0 bridgehead atoms. The SMILES string of the molecule is CN=C(NCCCOCC1CC1)NCc1ccn(C)c1. The minimum atomic E-state index is 0.790. The topological polar surface area (TPSA) is 50.6 Å². The molecule has 1 aromatic heterocycles. The van der Waals surface area contributed by atoms with E-state index in [-0.39, 0.29) is 0 Å². The van der Waals surface area contributed by atoms with Crippen LogP contribution >= 0.6 is 0 Å². The van der Waals surface area contributed by atoms with Gasteiger partial charge in [-0.25, -0.2) is 0 Å². The van der Waals surface area contributed by atoms with Gasteiger partial charge >= 0.3 is 0 Å². The van der Waals surface area contributed by atoms with Crippen molar-refractivity contribution >= 4 is 5.96 Å². The maximum Gasteiger partial charge on any atom is 0.191 e. The lowest BCUT2D eigenvalue weighted by molar-refractivity contribution is 0.123. The largest absolute Gasteiger partial charge is 0.381 e. The van der Waals surface area contributed by atoms with E-state index in [1.165, 1.54) is 18.4 Å². The maximum atomic E-state index is 5.60.